The summed E-state index contributed by atoms with van der Waals surface area (Å²) in [4.78, 5) is 2.33. The highest BCUT2D eigenvalue weighted by Crippen LogP contribution is 2.32. The standard InChI is InChI=1S/C28H32F4N4O3S/c1-3-35-14-11-20(12-15-35)34-24-7-4-8-26-23(24)16-21(36(26)18-28(30,31)32)6-5-13-33-25-10-9-22(40(2,37)38)17-27(25)39-19-29/h4,7-10,16-17,20,33-34H,3,11-15,18-19H2,1-2H3. The van der Waals surface area contributed by atoms with Crippen LogP contribution in [-0.2, 0) is 16.4 Å². The minimum Gasteiger partial charge on any atom is -0.461 e. The van der Waals surface area contributed by atoms with Gasteiger partial charge in [-0.25, -0.2) is 12.8 Å². The molecule has 2 heterocycles. The van der Waals surface area contributed by atoms with E-state index in [1.54, 1.807) is 18.2 Å². The van der Waals surface area contributed by atoms with E-state index >= 15 is 0 Å². The van der Waals surface area contributed by atoms with E-state index in [4.69, 9.17) is 4.74 Å². The summed E-state index contributed by atoms with van der Waals surface area (Å²) in [5, 5.41) is 7.10. The summed E-state index contributed by atoms with van der Waals surface area (Å²) in [7, 11) is -3.53. The van der Waals surface area contributed by atoms with Gasteiger partial charge in [0.15, 0.2) is 9.84 Å². The highest BCUT2D eigenvalue weighted by Gasteiger charge is 2.30. The Bertz CT molecular complexity index is 1500. The maximum Gasteiger partial charge on any atom is 0.406 e. The Labute approximate surface area is 231 Å². The van der Waals surface area contributed by atoms with Gasteiger partial charge < -0.3 is 24.8 Å². The van der Waals surface area contributed by atoms with Crippen LogP contribution in [0.2, 0.25) is 0 Å². The van der Waals surface area contributed by atoms with Crippen LogP contribution in [0.3, 0.4) is 0 Å². The maximum atomic E-state index is 13.5. The highest BCUT2D eigenvalue weighted by atomic mass is 32.2. The molecule has 1 aliphatic rings. The number of fused-ring (bicyclic) bond motifs is 1. The lowest BCUT2D eigenvalue weighted by atomic mass is 10.0. The van der Waals surface area contributed by atoms with E-state index in [1.807, 2.05) is 6.07 Å². The molecule has 0 saturated carbocycles. The van der Waals surface area contributed by atoms with E-state index in [9.17, 15) is 26.0 Å². The Balaban J connectivity index is 1.58. The number of aromatic nitrogens is 1. The largest absolute Gasteiger partial charge is 0.461 e. The van der Waals surface area contributed by atoms with Crippen molar-refractivity contribution in [1.82, 2.24) is 9.47 Å². The number of anilines is 2. The van der Waals surface area contributed by atoms with Gasteiger partial charge in [0, 0.05) is 42.5 Å². The molecule has 4 rings (SSSR count). The van der Waals surface area contributed by atoms with Gasteiger partial charge in [-0.2, -0.15) is 13.2 Å². The fraction of sp³-hybridized carbons (Fsp3) is 0.429. The summed E-state index contributed by atoms with van der Waals surface area (Å²) < 4.78 is 83.1. The van der Waals surface area contributed by atoms with Gasteiger partial charge in [0.25, 0.3) is 0 Å². The molecule has 0 spiro atoms. The van der Waals surface area contributed by atoms with Crippen LogP contribution >= 0.6 is 0 Å². The second-order valence-electron chi connectivity index (χ2n) is 9.66. The molecule has 3 aromatic rings. The SMILES string of the molecule is CCN1CCC(Nc2cccc3c2cc(C#CCNc2ccc(S(C)(=O)=O)cc2OCF)n3CC(F)(F)F)CC1. The molecule has 1 fully saturated rings. The average molecular weight is 581 g/mol. The molecule has 12 heteroatoms. The molecule has 1 saturated heterocycles. The van der Waals surface area contributed by atoms with Crippen molar-refractivity contribution in [2.75, 3.05) is 49.9 Å². The van der Waals surface area contributed by atoms with Crippen molar-refractivity contribution in [3.63, 3.8) is 0 Å². The van der Waals surface area contributed by atoms with E-state index in [0.29, 0.717) is 16.6 Å². The van der Waals surface area contributed by atoms with Gasteiger partial charge >= 0.3 is 6.18 Å². The summed E-state index contributed by atoms with van der Waals surface area (Å²) in [5.74, 6) is 5.64. The van der Waals surface area contributed by atoms with Gasteiger partial charge in [0.05, 0.1) is 28.3 Å². The fourth-order valence-electron chi connectivity index (χ4n) is 4.81. The maximum absolute atomic E-state index is 13.5. The van der Waals surface area contributed by atoms with E-state index in [2.05, 4.69) is 34.3 Å². The third-order valence-corrected chi connectivity index (χ3v) is 7.96. The number of nitrogens with zero attached hydrogens (tertiary/aromatic N) is 2. The first-order valence-corrected chi connectivity index (χ1v) is 14.8. The number of hydrogen-bond acceptors (Lipinski definition) is 6. The lowest BCUT2D eigenvalue weighted by molar-refractivity contribution is -0.140. The van der Waals surface area contributed by atoms with E-state index in [1.165, 1.54) is 18.2 Å². The second kappa shape index (κ2) is 12.4. The third-order valence-electron chi connectivity index (χ3n) is 6.85. The number of likely N-dealkylation sites (tertiary alicyclic amines) is 1. The first kappa shape index (κ1) is 29.6. The molecule has 0 aliphatic carbocycles. The molecule has 40 heavy (non-hydrogen) atoms. The van der Waals surface area contributed by atoms with Crippen molar-refractivity contribution >= 4 is 32.1 Å². The number of sulfone groups is 1. The van der Waals surface area contributed by atoms with Crippen LogP contribution in [0.4, 0.5) is 28.9 Å². The van der Waals surface area contributed by atoms with Gasteiger partial charge in [-0.1, -0.05) is 18.9 Å². The molecule has 0 unspecified atom stereocenters. The van der Waals surface area contributed by atoms with Gasteiger partial charge in [-0.3, -0.25) is 0 Å². The Kier molecular flexibility index (Phi) is 9.15. The van der Waals surface area contributed by atoms with Crippen molar-refractivity contribution in [2.45, 2.75) is 43.4 Å². The number of benzene rings is 2. The summed E-state index contributed by atoms with van der Waals surface area (Å²) in [6.45, 7) is 2.70. The number of hydrogen-bond donors (Lipinski definition) is 2. The van der Waals surface area contributed by atoms with E-state index in [0.717, 1.165) is 49.0 Å². The number of ether oxygens (including phenoxy) is 1. The average Bonchev–Trinajstić information content (AvgIpc) is 3.24. The number of rotatable bonds is 9. The molecule has 2 N–H and O–H groups in total. The van der Waals surface area contributed by atoms with Crippen LogP contribution in [0.15, 0.2) is 47.4 Å². The minimum atomic E-state index is -4.45. The van der Waals surface area contributed by atoms with Gasteiger partial charge in [-0.15, -0.1) is 0 Å². The molecule has 1 aliphatic heterocycles. The lowest BCUT2D eigenvalue weighted by Crippen LogP contribution is -2.38. The zero-order valence-electron chi connectivity index (χ0n) is 22.3. The van der Waals surface area contributed by atoms with Crippen LogP contribution in [0.25, 0.3) is 10.9 Å². The van der Waals surface area contributed by atoms with Crippen LogP contribution in [-0.4, -0.2) is 69.4 Å². The number of halogens is 4. The van der Waals surface area contributed by atoms with Gasteiger partial charge in [0.2, 0.25) is 6.86 Å². The van der Waals surface area contributed by atoms with Crippen molar-refractivity contribution in [2.24, 2.45) is 0 Å². The number of alkyl halides is 4. The smallest absolute Gasteiger partial charge is 0.406 e. The molecule has 2 aromatic carbocycles. The molecular weight excluding hydrogens is 548 g/mol. The monoisotopic (exact) mass is 580 g/mol. The zero-order valence-corrected chi connectivity index (χ0v) is 23.1. The quantitative estimate of drug-likeness (QED) is 0.265. The number of piperidine rings is 1. The first-order chi connectivity index (χ1) is 19.0. The Morgan fingerprint density at radius 3 is 2.50 bits per heavy atom. The van der Waals surface area contributed by atoms with Crippen LogP contribution in [0.1, 0.15) is 25.5 Å². The Hall–Kier alpha value is -3.43. The summed E-state index contributed by atoms with van der Waals surface area (Å²) in [5.41, 5.74) is 1.71. The Morgan fingerprint density at radius 1 is 1.10 bits per heavy atom. The van der Waals surface area contributed by atoms with E-state index < -0.39 is 29.4 Å². The van der Waals surface area contributed by atoms with Crippen LogP contribution in [0.5, 0.6) is 5.75 Å². The molecule has 1 aromatic heterocycles. The fourth-order valence-corrected chi connectivity index (χ4v) is 5.45. The highest BCUT2D eigenvalue weighted by molar-refractivity contribution is 7.90. The predicted octanol–water partition coefficient (Wildman–Crippen LogP) is 5.27. The topological polar surface area (TPSA) is 75.6 Å². The minimum absolute atomic E-state index is 0.00444. The number of nitrogens with one attached hydrogen (secondary N) is 2. The predicted molar refractivity (Wildman–Crippen MR) is 148 cm³/mol. The lowest BCUT2D eigenvalue weighted by Gasteiger charge is -2.32. The van der Waals surface area contributed by atoms with Crippen LogP contribution < -0.4 is 15.4 Å². The van der Waals surface area contributed by atoms with Crippen molar-refractivity contribution in [3.05, 3.63) is 48.2 Å². The molecule has 7 nitrogen and oxygen atoms in total. The molecule has 0 radical (unpaired) electrons. The summed E-state index contributed by atoms with van der Waals surface area (Å²) in [6, 6.07) is 11.1. The Morgan fingerprint density at radius 2 is 1.85 bits per heavy atom. The normalized spacial score (nSPS) is 15.1. The molecule has 0 bridgehead atoms. The molecule has 0 amide bonds. The van der Waals surface area contributed by atoms with Crippen molar-refractivity contribution in [3.8, 4) is 17.6 Å². The van der Waals surface area contributed by atoms with E-state index in [-0.39, 0.29) is 28.9 Å². The van der Waals surface area contributed by atoms with Gasteiger partial charge in [-0.05, 0) is 55.6 Å². The second-order valence-corrected chi connectivity index (χ2v) is 11.7. The van der Waals surface area contributed by atoms with Crippen molar-refractivity contribution < 1.29 is 30.7 Å². The first-order valence-electron chi connectivity index (χ1n) is 12.9. The summed E-state index contributed by atoms with van der Waals surface area (Å²) in [6.07, 6.45) is -1.52. The van der Waals surface area contributed by atoms with Crippen LogP contribution in [0, 0.1) is 11.8 Å². The molecular formula is C28H32F4N4O3S. The zero-order chi connectivity index (χ0) is 28.9. The third kappa shape index (κ3) is 7.40. The summed E-state index contributed by atoms with van der Waals surface area (Å²) >= 11 is 0. The van der Waals surface area contributed by atoms with Gasteiger partial charge in [0.1, 0.15) is 12.3 Å². The van der Waals surface area contributed by atoms with Crippen molar-refractivity contribution in [1.29, 1.82) is 0 Å². The molecule has 0 atom stereocenters. The molecule has 216 valence electrons.